The van der Waals surface area contributed by atoms with E-state index in [2.05, 4.69) is 17.2 Å². The average molecular weight is 605 g/mol. The zero-order chi connectivity index (χ0) is 31.5. The Labute approximate surface area is 267 Å². The first-order valence-corrected chi connectivity index (χ1v) is 15.2. The lowest BCUT2D eigenvalue weighted by molar-refractivity contribution is 0.0878. The van der Waals surface area contributed by atoms with Crippen molar-refractivity contribution in [3.8, 4) is 11.5 Å². The largest absolute Gasteiger partial charge is 0.488 e. The number of carbonyl (C=O) groups is 2. The van der Waals surface area contributed by atoms with Crippen LogP contribution in [0.2, 0.25) is 0 Å². The minimum atomic E-state index is -0.635. The van der Waals surface area contributed by atoms with Gasteiger partial charge in [-0.3, -0.25) is 9.59 Å². The van der Waals surface area contributed by atoms with Gasteiger partial charge in [0.1, 0.15) is 24.7 Å². The summed E-state index contributed by atoms with van der Waals surface area (Å²) in [6.07, 6.45) is 0. The molecular formula is C40H32N2O4. The summed E-state index contributed by atoms with van der Waals surface area (Å²) in [5, 5.41) is 10.3. The number of hydrogen-bond acceptors (Lipinski definition) is 4. The first-order valence-electron chi connectivity index (χ1n) is 15.2. The van der Waals surface area contributed by atoms with E-state index in [1.165, 1.54) is 0 Å². The summed E-state index contributed by atoms with van der Waals surface area (Å²) in [7, 11) is 0. The molecule has 46 heavy (non-hydrogen) atoms. The third kappa shape index (κ3) is 5.93. The molecule has 6 aromatic rings. The standard InChI is InChI=1S/C40H32N2O4/c1-26-24-45-35-22-31-18-10-8-16-29(31)20-33(35)39(43)41-37(27-12-4-2-5-13-27)38(28-14-6-3-7-15-28)42-40(44)34-21-30-17-9-11-19-32(30)23-36(34)46-25-26/h2-23,37-38H,1,24-25H2,(H,41,43)(H,42,44)/t37-,38-/m0/s1. The Morgan fingerprint density at radius 3 is 1.24 bits per heavy atom. The predicted octanol–water partition coefficient (Wildman–Crippen LogP) is 7.96. The van der Waals surface area contributed by atoms with Crippen molar-refractivity contribution in [3.05, 3.63) is 168 Å². The molecule has 0 unspecified atom stereocenters. The fourth-order valence-corrected chi connectivity index (χ4v) is 5.91. The Morgan fingerprint density at radius 1 is 0.500 bits per heavy atom. The smallest absolute Gasteiger partial charge is 0.255 e. The van der Waals surface area contributed by atoms with Crippen LogP contribution in [0, 0.1) is 0 Å². The van der Waals surface area contributed by atoms with Gasteiger partial charge in [-0.05, 0) is 62.5 Å². The van der Waals surface area contributed by atoms with E-state index in [1.54, 1.807) is 0 Å². The van der Waals surface area contributed by atoms with Gasteiger partial charge in [0.2, 0.25) is 0 Å². The molecule has 1 aliphatic rings. The maximum absolute atomic E-state index is 14.3. The van der Waals surface area contributed by atoms with E-state index in [0.29, 0.717) is 28.2 Å². The first kappa shape index (κ1) is 28.9. The van der Waals surface area contributed by atoms with E-state index in [9.17, 15) is 9.59 Å². The van der Waals surface area contributed by atoms with Crippen LogP contribution in [0.5, 0.6) is 11.5 Å². The van der Waals surface area contributed by atoms with Gasteiger partial charge in [-0.1, -0.05) is 116 Å². The van der Waals surface area contributed by atoms with Crippen molar-refractivity contribution in [2.45, 2.75) is 12.1 Å². The van der Waals surface area contributed by atoms with Crippen LogP contribution in [0.25, 0.3) is 21.5 Å². The fraction of sp³-hybridized carbons (Fsp3) is 0.100. The van der Waals surface area contributed by atoms with Gasteiger partial charge in [-0.2, -0.15) is 0 Å². The van der Waals surface area contributed by atoms with Crippen molar-refractivity contribution < 1.29 is 19.1 Å². The highest BCUT2D eigenvalue weighted by Gasteiger charge is 2.31. The van der Waals surface area contributed by atoms with Crippen molar-refractivity contribution in [2.75, 3.05) is 13.2 Å². The highest BCUT2D eigenvalue weighted by atomic mass is 16.5. The molecule has 226 valence electrons. The number of benzene rings is 6. The molecule has 7 rings (SSSR count). The van der Waals surface area contributed by atoms with E-state index >= 15 is 0 Å². The lowest BCUT2D eigenvalue weighted by atomic mass is 9.92. The summed E-state index contributed by atoms with van der Waals surface area (Å²) in [5.41, 5.74) is 3.09. The summed E-state index contributed by atoms with van der Waals surface area (Å²) in [6, 6.07) is 41.2. The van der Waals surface area contributed by atoms with Crippen LogP contribution in [0.1, 0.15) is 43.9 Å². The van der Waals surface area contributed by atoms with Gasteiger partial charge in [-0.25, -0.2) is 0 Å². The molecule has 1 heterocycles. The fourth-order valence-electron chi connectivity index (χ4n) is 5.91. The number of hydrogen-bond donors (Lipinski definition) is 2. The van der Waals surface area contributed by atoms with Gasteiger partial charge in [0, 0.05) is 0 Å². The zero-order valence-electron chi connectivity index (χ0n) is 25.1. The lowest BCUT2D eigenvalue weighted by Crippen LogP contribution is -2.41. The maximum Gasteiger partial charge on any atom is 0.255 e. The molecule has 0 fully saturated rings. The molecule has 1 aliphatic heterocycles. The first-order chi connectivity index (χ1) is 22.5. The summed E-state index contributed by atoms with van der Waals surface area (Å²) in [6.45, 7) is 4.42. The van der Waals surface area contributed by atoms with Crippen LogP contribution in [0.3, 0.4) is 0 Å². The van der Waals surface area contributed by atoms with Crippen LogP contribution < -0.4 is 20.1 Å². The van der Waals surface area contributed by atoms with Crippen molar-refractivity contribution in [1.82, 2.24) is 10.6 Å². The minimum absolute atomic E-state index is 0.127. The zero-order valence-corrected chi connectivity index (χ0v) is 25.1. The second-order valence-corrected chi connectivity index (χ2v) is 11.4. The number of carbonyl (C=O) groups excluding carboxylic acids is 2. The lowest BCUT2D eigenvalue weighted by Gasteiger charge is -2.30. The predicted molar refractivity (Wildman–Crippen MR) is 181 cm³/mol. The topological polar surface area (TPSA) is 76.7 Å². The molecule has 6 aromatic carbocycles. The van der Waals surface area contributed by atoms with Gasteiger partial charge in [0.25, 0.3) is 11.8 Å². The summed E-state index contributed by atoms with van der Waals surface area (Å²) in [4.78, 5) is 28.6. The quantitative estimate of drug-likeness (QED) is 0.197. The molecule has 6 heteroatoms. The van der Waals surface area contributed by atoms with E-state index in [1.807, 2.05) is 133 Å². The molecule has 2 N–H and O–H groups in total. The monoisotopic (exact) mass is 604 g/mol. The highest BCUT2D eigenvalue weighted by molar-refractivity contribution is 6.03. The molecule has 0 saturated carbocycles. The Bertz CT molecular complexity index is 1930. The second-order valence-electron chi connectivity index (χ2n) is 11.4. The van der Waals surface area contributed by atoms with Crippen LogP contribution in [-0.4, -0.2) is 25.0 Å². The number of nitrogens with one attached hydrogen (secondary N) is 2. The van der Waals surface area contributed by atoms with E-state index in [4.69, 9.17) is 9.47 Å². The van der Waals surface area contributed by atoms with Crippen LogP contribution in [0.15, 0.2) is 146 Å². The van der Waals surface area contributed by atoms with Gasteiger partial charge in [-0.15, -0.1) is 0 Å². The Morgan fingerprint density at radius 2 is 0.848 bits per heavy atom. The number of amides is 2. The van der Waals surface area contributed by atoms with Crippen LogP contribution in [0.4, 0.5) is 0 Å². The Kier molecular flexibility index (Phi) is 7.92. The highest BCUT2D eigenvalue weighted by Crippen LogP contribution is 2.34. The maximum atomic E-state index is 14.3. The molecule has 0 bridgehead atoms. The van der Waals surface area contributed by atoms with Gasteiger partial charge >= 0.3 is 0 Å². The second kappa shape index (κ2) is 12.6. The molecule has 0 spiro atoms. The van der Waals surface area contributed by atoms with Crippen LogP contribution in [-0.2, 0) is 0 Å². The third-order valence-corrected chi connectivity index (χ3v) is 8.27. The SMILES string of the molecule is C=C1COc2cc3ccccc3cc2C(=O)N[C@@H](c2ccccc2)[C@H](c2ccccc2)NC(=O)c2cc3ccccc3cc2OC1. The van der Waals surface area contributed by atoms with Gasteiger partial charge in [0.15, 0.2) is 0 Å². The molecule has 0 aromatic heterocycles. The number of rotatable bonds is 2. The normalized spacial score (nSPS) is 17.3. The molecule has 2 atom stereocenters. The van der Waals surface area contributed by atoms with Gasteiger partial charge < -0.3 is 20.1 Å². The molecule has 2 amide bonds. The van der Waals surface area contributed by atoms with E-state index in [-0.39, 0.29) is 25.0 Å². The van der Waals surface area contributed by atoms with Crippen molar-refractivity contribution in [2.24, 2.45) is 0 Å². The summed E-state index contributed by atoms with van der Waals surface area (Å²) < 4.78 is 12.5. The third-order valence-electron chi connectivity index (χ3n) is 8.27. The van der Waals surface area contributed by atoms with Crippen LogP contribution >= 0.6 is 0 Å². The van der Waals surface area contributed by atoms with E-state index in [0.717, 1.165) is 32.7 Å². The molecular weight excluding hydrogens is 572 g/mol. The number of ether oxygens (including phenoxy) is 2. The average Bonchev–Trinajstić information content (AvgIpc) is 3.10. The molecule has 0 radical (unpaired) electrons. The van der Waals surface area contributed by atoms with E-state index < -0.39 is 12.1 Å². The number of fused-ring (bicyclic) bond motifs is 4. The van der Waals surface area contributed by atoms with Crippen molar-refractivity contribution in [3.63, 3.8) is 0 Å². The minimum Gasteiger partial charge on any atom is -0.488 e. The van der Waals surface area contributed by atoms with Crippen molar-refractivity contribution >= 4 is 33.4 Å². The molecule has 0 saturated heterocycles. The summed E-state index contributed by atoms with van der Waals surface area (Å²) >= 11 is 0. The molecule has 0 aliphatic carbocycles. The Balaban J connectivity index is 1.40. The van der Waals surface area contributed by atoms with Gasteiger partial charge in [0.05, 0.1) is 23.2 Å². The van der Waals surface area contributed by atoms with Crippen molar-refractivity contribution in [1.29, 1.82) is 0 Å². The summed E-state index contributed by atoms with van der Waals surface area (Å²) in [5.74, 6) is 0.220. The Hall–Kier alpha value is -5.88. The molecule has 6 nitrogen and oxygen atoms in total.